The van der Waals surface area contributed by atoms with Crippen LogP contribution < -0.4 is 11.1 Å². The normalized spacial score (nSPS) is 21.4. The number of methoxy groups -OCH3 is 1. The highest BCUT2D eigenvalue weighted by atomic mass is 16.6. The number of H-pyrrole nitrogens is 2. The molecule has 14 nitrogen and oxygen atoms in total. The van der Waals surface area contributed by atoms with Gasteiger partial charge in [-0.1, -0.05) is 78.9 Å². The largest absolute Gasteiger partial charge is 0.453 e. The van der Waals surface area contributed by atoms with Crippen LogP contribution in [0.3, 0.4) is 0 Å². The first-order valence-corrected chi connectivity index (χ1v) is 19.9. The molecule has 2 aromatic heterocycles. The number of amides is 4. The third kappa shape index (κ3) is 7.65. The lowest BCUT2D eigenvalue weighted by Crippen LogP contribution is -2.48. The first kappa shape index (κ1) is 38.4. The summed E-state index contributed by atoms with van der Waals surface area (Å²) in [6, 6.07) is 25.0. The SMILES string of the molecule is COC(=O)N[C@H]1CC[C@@H](C(=O)N2CCC[C@H]2c2ncc(-c3ccc(-c4ccc(-c5cnc([C@@H]6CCCN6C(=O)[C@](C)(OC(N)=O)c6ccccc6)[nH]5)cc4)cc3)[nH]2)C1. The molecular formula is C44H48N8O6. The second-order valence-corrected chi connectivity index (χ2v) is 15.5. The molecule has 4 heterocycles. The Hall–Kier alpha value is -6.44. The Kier molecular flexibility index (Phi) is 10.7. The molecule has 2 aliphatic heterocycles. The number of benzene rings is 3. The van der Waals surface area contributed by atoms with Crippen molar-refractivity contribution in [3.05, 3.63) is 108 Å². The number of rotatable bonds is 10. The number of carbonyl (C=O) groups is 4. The summed E-state index contributed by atoms with van der Waals surface area (Å²) in [4.78, 5) is 71.2. The van der Waals surface area contributed by atoms with E-state index in [2.05, 4.69) is 56.7 Å². The number of alkyl carbamates (subject to hydrolysis) is 1. The number of primary amides is 1. The van der Waals surface area contributed by atoms with Gasteiger partial charge in [0.1, 0.15) is 11.6 Å². The third-order valence-electron chi connectivity index (χ3n) is 11.9. The number of nitrogens with two attached hydrogens (primary N) is 1. The lowest BCUT2D eigenvalue weighted by atomic mass is 9.93. The summed E-state index contributed by atoms with van der Waals surface area (Å²) in [5, 5.41) is 2.84. The summed E-state index contributed by atoms with van der Waals surface area (Å²) < 4.78 is 10.2. The van der Waals surface area contributed by atoms with Crippen LogP contribution in [-0.4, -0.2) is 80.0 Å². The topological polar surface area (TPSA) is 189 Å². The molecular weight excluding hydrogens is 737 g/mol. The fourth-order valence-corrected chi connectivity index (χ4v) is 8.85. The lowest BCUT2D eigenvalue weighted by molar-refractivity contribution is -0.151. The Bertz CT molecular complexity index is 2270. The molecule has 8 rings (SSSR count). The predicted molar refractivity (Wildman–Crippen MR) is 216 cm³/mol. The van der Waals surface area contributed by atoms with Gasteiger partial charge in [0.15, 0.2) is 0 Å². The summed E-state index contributed by atoms with van der Waals surface area (Å²) in [6.45, 7) is 2.78. The van der Waals surface area contributed by atoms with Gasteiger partial charge in [-0.25, -0.2) is 19.6 Å². The van der Waals surface area contributed by atoms with E-state index in [4.69, 9.17) is 20.2 Å². The van der Waals surface area contributed by atoms with Crippen LogP contribution in [0.5, 0.6) is 0 Å². The first-order chi connectivity index (χ1) is 28.1. The molecule has 58 heavy (non-hydrogen) atoms. The van der Waals surface area contributed by atoms with Crippen molar-refractivity contribution < 1.29 is 28.7 Å². The van der Waals surface area contributed by atoms with E-state index in [-0.39, 0.29) is 35.9 Å². The van der Waals surface area contributed by atoms with E-state index in [1.54, 1.807) is 42.3 Å². The summed E-state index contributed by atoms with van der Waals surface area (Å²) in [7, 11) is 1.35. The van der Waals surface area contributed by atoms with Gasteiger partial charge in [0.25, 0.3) is 5.91 Å². The highest BCUT2D eigenvalue weighted by Gasteiger charge is 2.46. The van der Waals surface area contributed by atoms with E-state index >= 15 is 0 Å². The molecule has 14 heteroatoms. The van der Waals surface area contributed by atoms with Crippen molar-refractivity contribution in [3.63, 3.8) is 0 Å². The molecule has 0 spiro atoms. The molecule has 5 atom stereocenters. The predicted octanol–water partition coefficient (Wildman–Crippen LogP) is 7.00. The number of hydrogen-bond donors (Lipinski definition) is 4. The maximum Gasteiger partial charge on any atom is 0.407 e. The fraction of sp³-hybridized carbons (Fsp3) is 0.364. The summed E-state index contributed by atoms with van der Waals surface area (Å²) in [6.07, 6.45) is 7.54. The van der Waals surface area contributed by atoms with Crippen LogP contribution in [0, 0.1) is 5.92 Å². The van der Waals surface area contributed by atoms with Gasteiger partial charge in [-0.15, -0.1) is 0 Å². The van der Waals surface area contributed by atoms with Crippen LogP contribution in [0.1, 0.15) is 81.2 Å². The molecule has 1 aliphatic carbocycles. The van der Waals surface area contributed by atoms with E-state index in [0.29, 0.717) is 37.3 Å². The molecule has 5 aromatic rings. The second kappa shape index (κ2) is 16.2. The van der Waals surface area contributed by atoms with Gasteiger partial charge < -0.3 is 40.3 Å². The smallest absolute Gasteiger partial charge is 0.407 e. The standard InChI is InChI=1S/C44H48N8O6/c1-44(58-42(45)55,32-8-4-3-5-9-32)41(54)52-23-7-11-37(52)39-47-26-35(50-39)30-18-14-28(15-19-30)27-12-16-29(17-13-27)34-25-46-38(49-34)36-10-6-22-51(36)40(53)31-20-21-33(24-31)48-43(56)57-2/h3-5,8-9,12-19,25-26,31,33,36-37H,6-7,10-11,20-24H2,1-2H3,(H2,45,55)(H,46,49)(H,47,50)(H,48,56)/t31-,33+,36+,37+,44-/m1/s1. The summed E-state index contributed by atoms with van der Waals surface area (Å²) in [5.41, 5.74) is 10.2. The zero-order valence-electron chi connectivity index (χ0n) is 32.6. The zero-order chi connectivity index (χ0) is 40.4. The zero-order valence-corrected chi connectivity index (χ0v) is 32.6. The molecule has 1 saturated carbocycles. The van der Waals surface area contributed by atoms with Crippen LogP contribution in [0.4, 0.5) is 9.59 Å². The Labute approximate surface area is 336 Å². The maximum atomic E-state index is 14.0. The monoisotopic (exact) mass is 784 g/mol. The summed E-state index contributed by atoms with van der Waals surface area (Å²) in [5.74, 6) is 1.12. The maximum absolute atomic E-state index is 14.0. The van der Waals surface area contributed by atoms with Gasteiger partial charge in [-0.05, 0) is 74.1 Å². The van der Waals surface area contributed by atoms with Gasteiger partial charge in [-0.3, -0.25) is 9.59 Å². The Morgan fingerprint density at radius 2 is 1.28 bits per heavy atom. The number of ether oxygens (including phenoxy) is 2. The van der Waals surface area contributed by atoms with Crippen molar-refractivity contribution in [2.75, 3.05) is 20.2 Å². The minimum Gasteiger partial charge on any atom is -0.453 e. The third-order valence-corrected chi connectivity index (χ3v) is 11.9. The number of hydrogen-bond acceptors (Lipinski definition) is 8. The molecule has 0 unspecified atom stereocenters. The van der Waals surface area contributed by atoms with E-state index in [0.717, 1.165) is 71.6 Å². The van der Waals surface area contributed by atoms with Gasteiger partial charge in [0.05, 0.1) is 43.0 Å². The minimum atomic E-state index is -1.58. The number of aromatic amines is 2. The van der Waals surface area contributed by atoms with Crippen LogP contribution in [0.25, 0.3) is 33.6 Å². The number of imidazole rings is 2. The molecule has 2 saturated heterocycles. The number of nitrogens with zero attached hydrogens (tertiary/aromatic N) is 4. The molecule has 300 valence electrons. The van der Waals surface area contributed by atoms with E-state index < -0.39 is 17.8 Å². The Balaban J connectivity index is 0.910. The van der Waals surface area contributed by atoms with Crippen molar-refractivity contribution in [2.24, 2.45) is 11.7 Å². The van der Waals surface area contributed by atoms with E-state index in [9.17, 15) is 19.2 Å². The first-order valence-electron chi connectivity index (χ1n) is 19.9. The second-order valence-electron chi connectivity index (χ2n) is 15.5. The number of likely N-dealkylation sites (tertiary alicyclic amines) is 2. The molecule has 3 aliphatic rings. The van der Waals surface area contributed by atoms with Crippen LogP contribution in [-0.2, 0) is 24.7 Å². The molecule has 0 bridgehead atoms. The average molecular weight is 785 g/mol. The van der Waals surface area contributed by atoms with Crippen molar-refractivity contribution >= 4 is 24.0 Å². The highest BCUT2D eigenvalue weighted by molar-refractivity contribution is 5.89. The fourth-order valence-electron chi connectivity index (χ4n) is 8.85. The van der Waals surface area contributed by atoms with E-state index in [1.807, 2.05) is 29.3 Å². The highest BCUT2D eigenvalue weighted by Crippen LogP contribution is 2.39. The van der Waals surface area contributed by atoms with Crippen LogP contribution >= 0.6 is 0 Å². The van der Waals surface area contributed by atoms with Gasteiger partial charge in [0.2, 0.25) is 11.5 Å². The van der Waals surface area contributed by atoms with Gasteiger partial charge in [-0.2, -0.15) is 0 Å². The van der Waals surface area contributed by atoms with Crippen LogP contribution in [0.15, 0.2) is 91.3 Å². The molecule has 5 N–H and O–H groups in total. The van der Waals surface area contributed by atoms with Gasteiger partial charge >= 0.3 is 12.2 Å². The molecule has 4 amide bonds. The minimum absolute atomic E-state index is 0.0475. The number of aromatic nitrogens is 4. The number of carbonyl (C=O) groups excluding carboxylic acids is 4. The number of nitrogens with one attached hydrogen (secondary N) is 3. The lowest BCUT2D eigenvalue weighted by Gasteiger charge is -2.34. The van der Waals surface area contributed by atoms with Crippen molar-refractivity contribution in [1.82, 2.24) is 35.1 Å². The van der Waals surface area contributed by atoms with Crippen molar-refractivity contribution in [2.45, 2.75) is 75.6 Å². The van der Waals surface area contributed by atoms with Crippen LogP contribution in [0.2, 0.25) is 0 Å². The quantitative estimate of drug-likeness (QED) is 0.117. The molecule has 3 fully saturated rings. The van der Waals surface area contributed by atoms with Crippen molar-refractivity contribution in [3.8, 4) is 33.6 Å². The summed E-state index contributed by atoms with van der Waals surface area (Å²) >= 11 is 0. The Morgan fingerprint density at radius 1 is 0.741 bits per heavy atom. The average Bonchev–Trinajstić information content (AvgIpc) is 4.10. The molecule has 0 radical (unpaired) electrons. The van der Waals surface area contributed by atoms with Crippen molar-refractivity contribution in [1.29, 1.82) is 0 Å². The van der Waals surface area contributed by atoms with Gasteiger partial charge in [0, 0.05) is 30.6 Å². The molecule has 3 aromatic carbocycles. The van der Waals surface area contributed by atoms with E-state index in [1.165, 1.54) is 7.11 Å². The Morgan fingerprint density at radius 3 is 1.83 bits per heavy atom.